The molecular weight excluding hydrogens is 885 g/mol. The van der Waals surface area contributed by atoms with Gasteiger partial charge in [0.25, 0.3) is 0 Å². The molecule has 9 aromatic carbocycles. The summed E-state index contributed by atoms with van der Waals surface area (Å²) in [5.74, 6) is 0. The summed E-state index contributed by atoms with van der Waals surface area (Å²) in [6, 6.07) is 66.3. The van der Waals surface area contributed by atoms with Crippen LogP contribution in [0, 0.1) is 62.3 Å². The number of nitrogens with zero attached hydrogens (tertiary/aromatic N) is 4. The molecule has 2 aliphatic heterocycles. The van der Waals surface area contributed by atoms with Gasteiger partial charge in [0.15, 0.2) is 0 Å². The number of hydrogen-bond donors (Lipinski definition) is 0. The molecule has 0 unspecified atom stereocenters. The van der Waals surface area contributed by atoms with Gasteiger partial charge in [-0.2, -0.15) is 0 Å². The molecule has 0 fully saturated rings. The summed E-state index contributed by atoms with van der Waals surface area (Å²) in [5, 5.41) is 0. The lowest BCUT2D eigenvalue weighted by molar-refractivity contribution is 0.597. The smallest absolute Gasteiger partial charge is 0.0545 e. The van der Waals surface area contributed by atoms with Gasteiger partial charge in [-0.15, -0.1) is 0 Å². The number of para-hydroxylation sites is 3. The minimum atomic E-state index is -0.413. The highest BCUT2D eigenvalue weighted by atomic mass is 15.2. The summed E-state index contributed by atoms with van der Waals surface area (Å²) >= 11 is 0. The lowest BCUT2D eigenvalue weighted by Gasteiger charge is -2.50. The highest BCUT2D eigenvalue weighted by Crippen LogP contribution is 2.62. The average molecular weight is 953 g/mol. The Morgan fingerprint density at radius 3 is 0.836 bits per heavy atom. The Labute approximate surface area is 434 Å². The van der Waals surface area contributed by atoms with E-state index in [1.165, 1.54) is 89.4 Å². The molecule has 9 aromatic rings. The molecule has 4 nitrogen and oxygen atoms in total. The van der Waals surface area contributed by atoms with Crippen molar-refractivity contribution in [3.63, 3.8) is 0 Å². The molecule has 0 atom stereocenters. The molecule has 0 aromatic heterocycles. The third-order valence-corrected chi connectivity index (χ3v) is 16.8. The van der Waals surface area contributed by atoms with Crippen LogP contribution in [0.3, 0.4) is 0 Å². The zero-order chi connectivity index (χ0) is 51.2. The Hall–Kier alpha value is -7.82. The van der Waals surface area contributed by atoms with E-state index >= 15 is 0 Å². The molecule has 2 heterocycles. The predicted octanol–water partition coefficient (Wildman–Crippen LogP) is 19.6. The number of benzene rings is 9. The van der Waals surface area contributed by atoms with E-state index in [0.717, 1.165) is 51.2 Å². The lowest BCUT2D eigenvalue weighted by atomic mass is 9.66. The standard InChI is InChI=1S/C69H68N4/c1-43-33-57(34-44(2)49(43)7)70(52-23-17-14-18-24-52)55-29-31-65-61(39-55)68(10,11)63-41-60(72(54-27-21-16-22-28-54)59-37-47(5)51(9)48(6)38-59)42-64-67(63)73(65)66-32-30-56(40-62(66)69(64,12)13)71(53-25-19-15-20-26-53)58-35-45(3)50(8)46(4)36-58/h14-42H,1-13H3. The van der Waals surface area contributed by atoms with E-state index in [9.17, 15) is 0 Å². The van der Waals surface area contributed by atoms with Gasteiger partial charge in [0.1, 0.15) is 0 Å². The SMILES string of the molecule is Cc1cc(N(c2ccccc2)c2ccc3c(c2)C(C)(C)c2cc(N(c4ccccc4)c4cc(C)c(C)c(C)c4)cc4c2N3c2ccc(N(c3ccccc3)c3cc(C)c(C)c(C)c3)cc2C4(C)C)cc(C)c1C. The Morgan fingerprint density at radius 1 is 0.274 bits per heavy atom. The summed E-state index contributed by atoms with van der Waals surface area (Å²) in [7, 11) is 0. The van der Waals surface area contributed by atoms with Crippen LogP contribution in [-0.2, 0) is 10.8 Å². The first-order chi connectivity index (χ1) is 34.9. The summed E-state index contributed by atoms with van der Waals surface area (Å²) < 4.78 is 0. The Balaban J connectivity index is 1.19. The van der Waals surface area contributed by atoms with E-state index in [1.807, 2.05) is 0 Å². The van der Waals surface area contributed by atoms with E-state index < -0.39 is 10.8 Å². The zero-order valence-corrected chi connectivity index (χ0v) is 45.0. The van der Waals surface area contributed by atoms with Crippen LogP contribution < -0.4 is 19.6 Å². The summed E-state index contributed by atoms with van der Waals surface area (Å²) in [5.41, 5.74) is 30.0. The van der Waals surface area contributed by atoms with Crippen LogP contribution in [-0.4, -0.2) is 0 Å². The second-order valence-corrected chi connectivity index (χ2v) is 22.0. The predicted molar refractivity (Wildman–Crippen MR) is 312 cm³/mol. The van der Waals surface area contributed by atoms with Gasteiger partial charge in [-0.3, -0.25) is 0 Å². The van der Waals surface area contributed by atoms with Gasteiger partial charge in [-0.25, -0.2) is 0 Å². The maximum absolute atomic E-state index is 2.61. The minimum Gasteiger partial charge on any atom is -0.310 e. The average Bonchev–Trinajstić information content (AvgIpc) is 3.38. The quantitative estimate of drug-likeness (QED) is 0.143. The summed E-state index contributed by atoms with van der Waals surface area (Å²) in [6.45, 7) is 29.9. The topological polar surface area (TPSA) is 13.0 Å². The highest BCUT2D eigenvalue weighted by molar-refractivity contribution is 5.97. The first kappa shape index (κ1) is 47.5. The van der Waals surface area contributed by atoms with Crippen molar-refractivity contribution >= 4 is 68.2 Å². The third kappa shape index (κ3) is 7.82. The molecule has 0 saturated carbocycles. The lowest BCUT2D eigenvalue weighted by Crippen LogP contribution is -2.38. The molecule has 4 heteroatoms. The zero-order valence-electron chi connectivity index (χ0n) is 45.0. The molecule has 0 saturated heterocycles. The first-order valence-corrected chi connectivity index (χ1v) is 26.0. The van der Waals surface area contributed by atoms with Gasteiger partial charge in [-0.05, 0) is 256 Å². The van der Waals surface area contributed by atoms with E-state index in [0.29, 0.717) is 0 Å². The van der Waals surface area contributed by atoms with Crippen molar-refractivity contribution < 1.29 is 0 Å². The molecule has 11 rings (SSSR count). The van der Waals surface area contributed by atoms with Gasteiger partial charge in [0.2, 0.25) is 0 Å². The van der Waals surface area contributed by atoms with E-state index in [1.54, 1.807) is 0 Å². The number of anilines is 12. The third-order valence-electron chi connectivity index (χ3n) is 16.8. The maximum Gasteiger partial charge on any atom is 0.0545 e. The maximum atomic E-state index is 2.61. The van der Waals surface area contributed by atoms with Crippen LogP contribution in [0.2, 0.25) is 0 Å². The Bertz CT molecular complexity index is 3370. The highest BCUT2D eigenvalue weighted by Gasteiger charge is 2.47. The van der Waals surface area contributed by atoms with E-state index in [4.69, 9.17) is 0 Å². The normalized spacial score (nSPS) is 13.7. The fourth-order valence-corrected chi connectivity index (χ4v) is 11.8. The van der Waals surface area contributed by atoms with Crippen LogP contribution in [0.5, 0.6) is 0 Å². The van der Waals surface area contributed by atoms with Gasteiger partial charge in [0, 0.05) is 62.0 Å². The van der Waals surface area contributed by atoms with Crippen LogP contribution in [0.15, 0.2) is 176 Å². The molecular formula is C69H68N4. The summed E-state index contributed by atoms with van der Waals surface area (Å²) in [4.78, 5) is 9.98. The number of rotatable bonds is 9. The molecule has 0 N–H and O–H groups in total. The molecule has 0 aliphatic carbocycles. The van der Waals surface area contributed by atoms with Crippen LogP contribution in [0.4, 0.5) is 68.2 Å². The molecule has 364 valence electrons. The fourth-order valence-electron chi connectivity index (χ4n) is 11.8. The van der Waals surface area contributed by atoms with Gasteiger partial charge in [0.05, 0.1) is 17.1 Å². The molecule has 0 spiro atoms. The van der Waals surface area contributed by atoms with E-state index in [-0.39, 0.29) is 0 Å². The van der Waals surface area contributed by atoms with Gasteiger partial charge < -0.3 is 19.6 Å². The van der Waals surface area contributed by atoms with Crippen LogP contribution in [0.25, 0.3) is 0 Å². The van der Waals surface area contributed by atoms with Gasteiger partial charge >= 0.3 is 0 Å². The van der Waals surface area contributed by atoms with Crippen molar-refractivity contribution in [3.05, 3.63) is 248 Å². The van der Waals surface area contributed by atoms with Crippen molar-refractivity contribution in [3.8, 4) is 0 Å². The molecule has 73 heavy (non-hydrogen) atoms. The Morgan fingerprint density at radius 2 is 0.534 bits per heavy atom. The fraction of sp³-hybridized carbons (Fsp3) is 0.217. The molecule has 0 radical (unpaired) electrons. The van der Waals surface area contributed by atoms with Crippen molar-refractivity contribution in [2.45, 2.75) is 101 Å². The van der Waals surface area contributed by atoms with Gasteiger partial charge in [-0.1, -0.05) is 82.3 Å². The summed E-state index contributed by atoms with van der Waals surface area (Å²) in [6.07, 6.45) is 0. The van der Waals surface area contributed by atoms with Crippen LogP contribution >= 0.6 is 0 Å². The van der Waals surface area contributed by atoms with Crippen LogP contribution in [0.1, 0.15) is 100 Å². The second kappa shape index (κ2) is 17.7. The molecule has 0 bridgehead atoms. The first-order valence-electron chi connectivity index (χ1n) is 26.0. The monoisotopic (exact) mass is 953 g/mol. The van der Waals surface area contributed by atoms with Crippen molar-refractivity contribution in [1.82, 2.24) is 0 Å². The minimum absolute atomic E-state index is 0.413. The van der Waals surface area contributed by atoms with Crippen molar-refractivity contribution in [1.29, 1.82) is 0 Å². The Kier molecular flexibility index (Phi) is 11.5. The van der Waals surface area contributed by atoms with Crippen molar-refractivity contribution in [2.24, 2.45) is 0 Å². The number of aryl methyl sites for hydroxylation is 6. The van der Waals surface area contributed by atoms with E-state index in [2.05, 4.69) is 286 Å². The molecule has 2 aliphatic rings. The van der Waals surface area contributed by atoms with Crippen molar-refractivity contribution in [2.75, 3.05) is 19.6 Å². The number of hydrogen-bond acceptors (Lipinski definition) is 4. The molecule has 0 amide bonds. The second-order valence-electron chi connectivity index (χ2n) is 22.0. The number of fused-ring (bicyclic) bond motifs is 4. The largest absolute Gasteiger partial charge is 0.310 e.